The van der Waals surface area contributed by atoms with E-state index in [0.717, 1.165) is 77.0 Å². The Labute approximate surface area is 460 Å². The van der Waals surface area contributed by atoms with Gasteiger partial charge in [0.05, 0.1) is 0 Å². The number of esters is 3. The van der Waals surface area contributed by atoms with Crippen LogP contribution < -0.4 is 0 Å². The van der Waals surface area contributed by atoms with Gasteiger partial charge in [-0.3, -0.25) is 14.4 Å². The molecule has 0 aliphatic carbocycles. The largest absolute Gasteiger partial charge is 0.462 e. The van der Waals surface area contributed by atoms with Gasteiger partial charge in [0, 0.05) is 19.3 Å². The first-order valence-corrected chi connectivity index (χ1v) is 32.3. The van der Waals surface area contributed by atoms with Gasteiger partial charge < -0.3 is 14.2 Å². The highest BCUT2D eigenvalue weighted by molar-refractivity contribution is 5.71. The molecular formula is C68H122O6. The second-order valence-electron chi connectivity index (χ2n) is 21.7. The minimum absolute atomic E-state index is 0.0870. The Morgan fingerprint density at radius 1 is 0.284 bits per heavy atom. The summed E-state index contributed by atoms with van der Waals surface area (Å²) >= 11 is 0. The van der Waals surface area contributed by atoms with Gasteiger partial charge in [0.25, 0.3) is 0 Å². The van der Waals surface area contributed by atoms with Crippen LogP contribution in [0.1, 0.15) is 335 Å². The van der Waals surface area contributed by atoms with Gasteiger partial charge in [-0.1, -0.05) is 319 Å². The van der Waals surface area contributed by atoms with Crippen LogP contribution >= 0.6 is 0 Å². The summed E-state index contributed by atoms with van der Waals surface area (Å²) in [4.78, 5) is 38.3. The average molecular weight is 1040 g/mol. The first-order chi connectivity index (χ1) is 36.5. The van der Waals surface area contributed by atoms with Crippen LogP contribution in [0.4, 0.5) is 0 Å². The van der Waals surface area contributed by atoms with Gasteiger partial charge in [-0.25, -0.2) is 0 Å². The number of hydrogen-bond acceptors (Lipinski definition) is 6. The third-order valence-corrected chi connectivity index (χ3v) is 14.3. The lowest BCUT2D eigenvalue weighted by atomic mass is 10.0. The second kappa shape index (κ2) is 62.6. The smallest absolute Gasteiger partial charge is 0.306 e. The predicted molar refractivity (Wildman–Crippen MR) is 321 cm³/mol. The molecule has 0 aromatic heterocycles. The van der Waals surface area contributed by atoms with E-state index in [1.54, 1.807) is 0 Å². The summed E-state index contributed by atoms with van der Waals surface area (Å²) in [5.74, 6) is -0.926. The molecular weight excluding hydrogens is 913 g/mol. The Bertz CT molecular complexity index is 1330. The van der Waals surface area contributed by atoms with E-state index in [1.807, 2.05) is 0 Å². The molecule has 0 aromatic rings. The molecule has 0 amide bonds. The SMILES string of the molecule is CC/C=C\C/C=C\C/C=C\C/C=C\C/C=C\CCCC(=O)OCC(COC(=O)CCCCCCCCCCCCCCCCCCCCCCC)OC(=O)CCCCCCCCCCCCCCCCCCCC. The van der Waals surface area contributed by atoms with Gasteiger partial charge in [-0.05, 0) is 57.8 Å². The number of carbonyl (C=O) groups is 3. The van der Waals surface area contributed by atoms with E-state index in [1.165, 1.54) is 212 Å². The molecule has 0 spiro atoms. The van der Waals surface area contributed by atoms with Crippen LogP contribution in [0.5, 0.6) is 0 Å². The molecule has 0 fully saturated rings. The van der Waals surface area contributed by atoms with Crippen molar-refractivity contribution in [3.63, 3.8) is 0 Å². The van der Waals surface area contributed by atoms with E-state index in [-0.39, 0.29) is 37.5 Å². The zero-order valence-corrected chi connectivity index (χ0v) is 49.4. The fourth-order valence-electron chi connectivity index (χ4n) is 9.48. The highest BCUT2D eigenvalue weighted by Crippen LogP contribution is 2.18. The first-order valence-electron chi connectivity index (χ1n) is 32.3. The molecule has 6 nitrogen and oxygen atoms in total. The summed E-state index contributed by atoms with van der Waals surface area (Å²) in [6.45, 7) is 6.54. The molecule has 0 aromatic carbocycles. The highest BCUT2D eigenvalue weighted by Gasteiger charge is 2.19. The van der Waals surface area contributed by atoms with Gasteiger partial charge in [-0.2, -0.15) is 0 Å². The number of allylic oxidation sites excluding steroid dienone is 10. The van der Waals surface area contributed by atoms with E-state index in [9.17, 15) is 14.4 Å². The fraction of sp³-hybridized carbons (Fsp3) is 0.809. The summed E-state index contributed by atoms with van der Waals surface area (Å²) in [7, 11) is 0. The van der Waals surface area contributed by atoms with Crippen molar-refractivity contribution in [3.05, 3.63) is 60.8 Å². The van der Waals surface area contributed by atoms with Gasteiger partial charge in [0.1, 0.15) is 13.2 Å². The Balaban J connectivity index is 4.38. The lowest BCUT2D eigenvalue weighted by Gasteiger charge is -2.18. The summed E-state index contributed by atoms with van der Waals surface area (Å²) < 4.78 is 16.9. The Hall–Kier alpha value is -2.89. The standard InChI is InChI=1S/C68H122O6/c1-4-7-10-13-16-19-22-25-28-31-33-34-35-38-40-43-46-49-52-55-58-61-67(70)73-64-65(63-72-66(69)60-57-54-51-48-45-42-39-36-30-27-24-21-18-15-12-9-6-3)74-68(71)62-59-56-53-50-47-44-41-37-32-29-26-23-20-17-14-11-8-5-2/h9,12,18,21,27,30,39,42,48,51,65H,4-8,10-11,13-17,19-20,22-26,28-29,31-38,40-41,43-47,49-50,52-64H2,1-3H3/b12-9-,21-18-,30-27-,42-39-,51-48-. The third-order valence-electron chi connectivity index (χ3n) is 14.3. The van der Waals surface area contributed by atoms with Gasteiger partial charge in [-0.15, -0.1) is 0 Å². The number of unbranched alkanes of at least 4 members (excludes halogenated alkanes) is 38. The lowest BCUT2D eigenvalue weighted by molar-refractivity contribution is -0.167. The van der Waals surface area contributed by atoms with Crippen molar-refractivity contribution < 1.29 is 28.6 Å². The quantitative estimate of drug-likeness (QED) is 0.0261. The minimum atomic E-state index is -0.795. The molecule has 0 rings (SSSR count). The van der Waals surface area contributed by atoms with E-state index in [4.69, 9.17) is 14.2 Å². The van der Waals surface area contributed by atoms with Crippen molar-refractivity contribution in [2.45, 2.75) is 341 Å². The van der Waals surface area contributed by atoms with Crippen LogP contribution in [0.3, 0.4) is 0 Å². The van der Waals surface area contributed by atoms with Gasteiger partial charge in [0.15, 0.2) is 6.10 Å². The number of hydrogen-bond donors (Lipinski definition) is 0. The van der Waals surface area contributed by atoms with Crippen LogP contribution in [-0.4, -0.2) is 37.2 Å². The van der Waals surface area contributed by atoms with Gasteiger partial charge >= 0.3 is 17.9 Å². The monoisotopic (exact) mass is 1030 g/mol. The van der Waals surface area contributed by atoms with Crippen LogP contribution in [0.25, 0.3) is 0 Å². The summed E-state index contributed by atoms with van der Waals surface area (Å²) in [6, 6.07) is 0. The summed E-state index contributed by atoms with van der Waals surface area (Å²) in [5.41, 5.74) is 0. The number of ether oxygens (including phenoxy) is 3. The van der Waals surface area contributed by atoms with Crippen molar-refractivity contribution in [3.8, 4) is 0 Å². The third kappa shape index (κ3) is 60.0. The molecule has 0 saturated carbocycles. The van der Waals surface area contributed by atoms with Crippen molar-refractivity contribution in [2.24, 2.45) is 0 Å². The molecule has 6 heteroatoms. The second-order valence-corrected chi connectivity index (χ2v) is 21.7. The molecule has 1 atom stereocenters. The van der Waals surface area contributed by atoms with Crippen LogP contribution in [0, 0.1) is 0 Å². The topological polar surface area (TPSA) is 78.9 Å². The lowest BCUT2D eigenvalue weighted by Crippen LogP contribution is -2.30. The highest BCUT2D eigenvalue weighted by atomic mass is 16.6. The van der Waals surface area contributed by atoms with Crippen molar-refractivity contribution in [1.29, 1.82) is 0 Å². The maximum absolute atomic E-state index is 12.9. The van der Waals surface area contributed by atoms with Crippen LogP contribution in [-0.2, 0) is 28.6 Å². The summed E-state index contributed by atoms with van der Waals surface area (Å²) in [5, 5.41) is 0. The molecule has 0 heterocycles. The van der Waals surface area contributed by atoms with Crippen molar-refractivity contribution >= 4 is 17.9 Å². The molecule has 0 saturated heterocycles. The molecule has 0 aliphatic rings. The number of rotatable bonds is 59. The van der Waals surface area contributed by atoms with Crippen LogP contribution in [0.15, 0.2) is 60.8 Å². The number of carbonyl (C=O) groups excluding carboxylic acids is 3. The molecule has 74 heavy (non-hydrogen) atoms. The minimum Gasteiger partial charge on any atom is -0.462 e. The Kier molecular flexibility index (Phi) is 60.2. The van der Waals surface area contributed by atoms with E-state index in [0.29, 0.717) is 19.3 Å². The first kappa shape index (κ1) is 71.1. The predicted octanol–water partition coefficient (Wildman–Crippen LogP) is 21.9. The molecule has 0 N–H and O–H groups in total. The normalized spacial score (nSPS) is 12.4. The molecule has 0 radical (unpaired) electrons. The maximum atomic E-state index is 12.9. The zero-order valence-electron chi connectivity index (χ0n) is 49.4. The molecule has 430 valence electrons. The molecule has 0 aliphatic heterocycles. The van der Waals surface area contributed by atoms with Crippen molar-refractivity contribution in [2.75, 3.05) is 13.2 Å². The zero-order chi connectivity index (χ0) is 53.6. The Morgan fingerprint density at radius 2 is 0.527 bits per heavy atom. The Morgan fingerprint density at radius 3 is 0.824 bits per heavy atom. The van der Waals surface area contributed by atoms with Crippen molar-refractivity contribution in [1.82, 2.24) is 0 Å². The fourth-order valence-corrected chi connectivity index (χ4v) is 9.48. The average Bonchev–Trinajstić information content (AvgIpc) is 3.40. The summed E-state index contributed by atoms with van der Waals surface area (Å²) in [6.07, 6.45) is 79.5. The van der Waals surface area contributed by atoms with E-state index >= 15 is 0 Å². The van der Waals surface area contributed by atoms with E-state index in [2.05, 4.69) is 81.5 Å². The molecule has 0 bridgehead atoms. The van der Waals surface area contributed by atoms with E-state index < -0.39 is 6.10 Å². The van der Waals surface area contributed by atoms with Gasteiger partial charge in [0.2, 0.25) is 0 Å². The van der Waals surface area contributed by atoms with Crippen LogP contribution in [0.2, 0.25) is 0 Å². The molecule has 1 unspecified atom stereocenters. The maximum Gasteiger partial charge on any atom is 0.306 e.